The first kappa shape index (κ1) is 15.7. The molecule has 0 saturated heterocycles. The molecule has 0 bridgehead atoms. The highest BCUT2D eigenvalue weighted by atomic mass is 16.2. The summed E-state index contributed by atoms with van der Waals surface area (Å²) in [5.74, 6) is 4.27. The second-order valence-electron chi connectivity index (χ2n) is 9.47. The third-order valence-electron chi connectivity index (χ3n) is 8.87. The van der Waals surface area contributed by atoms with Gasteiger partial charge in [0, 0.05) is 12.8 Å². The number of allylic oxidation sites excluding steroid dienone is 1. The van der Waals surface area contributed by atoms with Gasteiger partial charge in [-0.3, -0.25) is 4.79 Å². The molecule has 4 fully saturated rings. The summed E-state index contributed by atoms with van der Waals surface area (Å²) in [6.07, 6.45) is 14.0. The molecule has 0 spiro atoms. The minimum Gasteiger partial charge on any atom is -0.516 e. The molecule has 4 aliphatic rings. The maximum atomic E-state index is 11.9. The van der Waals surface area contributed by atoms with E-state index in [1.165, 1.54) is 44.8 Å². The zero-order chi connectivity index (χ0) is 16.2. The zero-order valence-electron chi connectivity index (χ0n) is 14.8. The monoisotopic (exact) mass is 316 g/mol. The van der Waals surface area contributed by atoms with E-state index in [9.17, 15) is 9.90 Å². The molecule has 0 radical (unpaired) electrons. The number of ketones is 1. The number of aliphatic hydroxyl groups excluding tert-OH is 1. The Morgan fingerprint density at radius 3 is 2.57 bits per heavy atom. The van der Waals surface area contributed by atoms with Gasteiger partial charge in [0.2, 0.25) is 0 Å². The molecular formula is C21H32O2. The zero-order valence-corrected chi connectivity index (χ0v) is 14.8. The smallest absolute Gasteiger partial charge is 0.133 e. The summed E-state index contributed by atoms with van der Waals surface area (Å²) in [7, 11) is 0. The Labute approximate surface area is 140 Å². The highest BCUT2D eigenvalue weighted by Gasteiger charge is 2.59. The molecule has 23 heavy (non-hydrogen) atoms. The molecule has 0 aliphatic heterocycles. The fourth-order valence-electron chi connectivity index (χ4n) is 7.51. The van der Waals surface area contributed by atoms with E-state index in [0.29, 0.717) is 28.4 Å². The first-order valence-electron chi connectivity index (χ1n) is 9.81. The highest BCUT2D eigenvalue weighted by molar-refractivity contribution is 5.79. The summed E-state index contributed by atoms with van der Waals surface area (Å²) in [5.41, 5.74) is 0.817. The molecule has 7 atom stereocenters. The average Bonchev–Trinajstić information content (AvgIpc) is 2.85. The van der Waals surface area contributed by atoms with E-state index in [-0.39, 0.29) is 0 Å². The maximum Gasteiger partial charge on any atom is 0.133 e. The lowest BCUT2D eigenvalue weighted by Crippen LogP contribution is -2.53. The molecule has 4 rings (SSSR count). The molecule has 1 unspecified atom stereocenters. The fraction of sp³-hybridized carbons (Fsp3) is 0.857. The van der Waals surface area contributed by atoms with Gasteiger partial charge in [-0.25, -0.2) is 0 Å². The number of rotatable bonds is 1. The Bertz CT molecular complexity index is 524. The van der Waals surface area contributed by atoms with Gasteiger partial charge in [-0.05, 0) is 91.4 Å². The Hall–Kier alpha value is -0.790. The molecule has 128 valence electrons. The predicted molar refractivity (Wildman–Crippen MR) is 92.0 cm³/mol. The molecule has 4 aliphatic carbocycles. The number of aliphatic hydroxyl groups is 1. The van der Waals surface area contributed by atoms with Crippen LogP contribution in [0.4, 0.5) is 0 Å². The Morgan fingerprint density at radius 2 is 1.78 bits per heavy atom. The average molecular weight is 316 g/mol. The lowest BCUT2D eigenvalue weighted by Gasteiger charge is -2.60. The van der Waals surface area contributed by atoms with Crippen molar-refractivity contribution < 1.29 is 9.90 Å². The highest BCUT2D eigenvalue weighted by Crippen LogP contribution is 2.67. The van der Waals surface area contributed by atoms with E-state index in [1.807, 2.05) is 0 Å². The van der Waals surface area contributed by atoms with Crippen LogP contribution in [0.15, 0.2) is 12.3 Å². The second kappa shape index (κ2) is 5.36. The van der Waals surface area contributed by atoms with E-state index in [2.05, 4.69) is 19.9 Å². The van der Waals surface area contributed by atoms with Gasteiger partial charge in [-0.1, -0.05) is 13.8 Å². The van der Waals surface area contributed by atoms with Crippen molar-refractivity contribution in [3.8, 4) is 0 Å². The molecule has 0 aromatic carbocycles. The van der Waals surface area contributed by atoms with Crippen LogP contribution in [-0.2, 0) is 4.79 Å². The van der Waals surface area contributed by atoms with Crippen molar-refractivity contribution in [2.75, 3.05) is 0 Å². The van der Waals surface area contributed by atoms with Gasteiger partial charge in [0.25, 0.3) is 0 Å². The number of Topliss-reactive ketones (excluding diaryl/α,β-unsaturated/α-hetero) is 1. The summed E-state index contributed by atoms with van der Waals surface area (Å²) < 4.78 is 0. The largest absolute Gasteiger partial charge is 0.516 e. The van der Waals surface area contributed by atoms with Gasteiger partial charge in [0.1, 0.15) is 5.78 Å². The Kier molecular flexibility index (Phi) is 3.66. The first-order valence-corrected chi connectivity index (χ1v) is 9.81. The third-order valence-corrected chi connectivity index (χ3v) is 8.87. The van der Waals surface area contributed by atoms with Crippen molar-refractivity contribution in [2.45, 2.75) is 71.6 Å². The van der Waals surface area contributed by atoms with Crippen molar-refractivity contribution >= 4 is 5.78 Å². The molecule has 4 saturated carbocycles. The standard InChI is InChI=1S/C21H32O2/c1-20-11-8-19-17(18(20)6-4-14(20)9-12-22)5-3-15-13-16(23)7-10-21(15,19)2/h9,12,14-15,17-19,22H,3-8,10-11,13H2,1-2H3/t14-,15?,17+,18+,19+,20-,21+/m1/s1. The van der Waals surface area contributed by atoms with Crippen LogP contribution >= 0.6 is 0 Å². The van der Waals surface area contributed by atoms with E-state index < -0.39 is 0 Å². The van der Waals surface area contributed by atoms with Crippen LogP contribution < -0.4 is 0 Å². The number of carbonyl (C=O) groups excluding carboxylic acids is 1. The van der Waals surface area contributed by atoms with Crippen LogP contribution in [-0.4, -0.2) is 10.9 Å². The van der Waals surface area contributed by atoms with Gasteiger partial charge >= 0.3 is 0 Å². The molecule has 0 aromatic rings. The second-order valence-corrected chi connectivity index (χ2v) is 9.47. The predicted octanol–water partition coefficient (Wildman–Crippen LogP) is 5.29. The van der Waals surface area contributed by atoms with Crippen LogP contribution in [0.5, 0.6) is 0 Å². The molecule has 0 heterocycles. The van der Waals surface area contributed by atoms with Gasteiger partial charge in [-0.15, -0.1) is 0 Å². The summed E-state index contributed by atoms with van der Waals surface area (Å²) >= 11 is 0. The van der Waals surface area contributed by atoms with E-state index in [1.54, 1.807) is 0 Å². The molecule has 2 nitrogen and oxygen atoms in total. The molecular weight excluding hydrogens is 284 g/mol. The first-order chi connectivity index (χ1) is 11.0. The van der Waals surface area contributed by atoms with Gasteiger partial charge in [0.05, 0.1) is 6.26 Å². The minimum absolute atomic E-state index is 0.397. The number of carbonyl (C=O) groups is 1. The SMILES string of the molecule is C[C@]12CC[C@H]3[C@@H](CCC4CC(=O)CC[C@@]43C)[C@@H]1CC[C@@H]2C=CO. The fourth-order valence-corrected chi connectivity index (χ4v) is 7.51. The number of hydrogen-bond donors (Lipinski definition) is 1. The molecule has 0 amide bonds. The van der Waals surface area contributed by atoms with E-state index >= 15 is 0 Å². The van der Waals surface area contributed by atoms with Crippen LogP contribution in [0.25, 0.3) is 0 Å². The summed E-state index contributed by atoms with van der Waals surface area (Å²) in [4.78, 5) is 11.9. The number of hydrogen-bond acceptors (Lipinski definition) is 2. The van der Waals surface area contributed by atoms with Crippen molar-refractivity contribution in [3.05, 3.63) is 12.3 Å². The summed E-state index contributed by atoms with van der Waals surface area (Å²) in [6.45, 7) is 5.01. The lowest BCUT2D eigenvalue weighted by molar-refractivity contribution is -0.138. The maximum absolute atomic E-state index is 11.9. The third kappa shape index (κ3) is 2.16. The van der Waals surface area contributed by atoms with Crippen LogP contribution in [0.2, 0.25) is 0 Å². The van der Waals surface area contributed by atoms with Gasteiger partial charge in [-0.2, -0.15) is 0 Å². The minimum atomic E-state index is 0.397. The van der Waals surface area contributed by atoms with Crippen LogP contribution in [0.3, 0.4) is 0 Å². The quantitative estimate of drug-likeness (QED) is 0.668. The Morgan fingerprint density at radius 1 is 1.00 bits per heavy atom. The van der Waals surface area contributed by atoms with Crippen molar-refractivity contribution in [3.63, 3.8) is 0 Å². The lowest BCUT2D eigenvalue weighted by atomic mass is 9.45. The van der Waals surface area contributed by atoms with Gasteiger partial charge < -0.3 is 5.11 Å². The van der Waals surface area contributed by atoms with E-state index in [4.69, 9.17) is 0 Å². The van der Waals surface area contributed by atoms with Gasteiger partial charge in [0.15, 0.2) is 0 Å². The topological polar surface area (TPSA) is 37.3 Å². The van der Waals surface area contributed by atoms with Crippen molar-refractivity contribution in [2.24, 2.45) is 40.4 Å². The molecule has 0 aromatic heterocycles. The normalized spacial score (nSPS) is 53.0. The van der Waals surface area contributed by atoms with Crippen molar-refractivity contribution in [1.29, 1.82) is 0 Å². The number of fused-ring (bicyclic) bond motifs is 5. The van der Waals surface area contributed by atoms with Crippen LogP contribution in [0.1, 0.15) is 71.6 Å². The van der Waals surface area contributed by atoms with Crippen molar-refractivity contribution in [1.82, 2.24) is 0 Å². The van der Waals surface area contributed by atoms with E-state index in [0.717, 1.165) is 37.0 Å². The summed E-state index contributed by atoms with van der Waals surface area (Å²) in [6, 6.07) is 0. The molecule has 1 N–H and O–H groups in total. The molecule has 2 heteroatoms. The van der Waals surface area contributed by atoms with Crippen LogP contribution in [0, 0.1) is 40.4 Å². The Balaban J connectivity index is 1.61. The summed E-state index contributed by atoms with van der Waals surface area (Å²) in [5, 5.41) is 9.27.